The molecule has 6 nitrogen and oxygen atoms in total. The molecule has 0 spiro atoms. The van der Waals surface area contributed by atoms with Gasteiger partial charge in [0.1, 0.15) is 18.5 Å². The van der Waals surface area contributed by atoms with E-state index in [2.05, 4.69) is 10.6 Å². The summed E-state index contributed by atoms with van der Waals surface area (Å²) < 4.78 is 25.3. The van der Waals surface area contributed by atoms with Gasteiger partial charge in [0.25, 0.3) is 11.8 Å². The van der Waals surface area contributed by atoms with E-state index < -0.39 is 18.7 Å². The van der Waals surface area contributed by atoms with Crippen LogP contribution in [0.15, 0.2) is 42.5 Å². The molecule has 2 aromatic rings. The number of carbonyl (C=O) groups is 2. The molecule has 162 valence electrons. The van der Waals surface area contributed by atoms with Crippen molar-refractivity contribution in [2.24, 2.45) is 11.8 Å². The molecule has 7 heteroatoms. The topological polar surface area (TPSA) is 76.7 Å². The number of halogens is 1. The lowest BCUT2D eigenvalue weighted by molar-refractivity contribution is 0.0928. The number of carbonyl (C=O) groups excluding carboxylic acids is 2. The van der Waals surface area contributed by atoms with Crippen molar-refractivity contribution in [1.29, 1.82) is 0 Å². The van der Waals surface area contributed by atoms with Crippen LogP contribution >= 0.6 is 0 Å². The maximum atomic E-state index is 13.9. The summed E-state index contributed by atoms with van der Waals surface area (Å²) in [7, 11) is 0. The molecule has 0 bridgehead atoms. The Morgan fingerprint density at radius 2 is 1.84 bits per heavy atom. The van der Waals surface area contributed by atoms with Gasteiger partial charge in [-0.2, -0.15) is 0 Å². The Kier molecular flexibility index (Phi) is 5.14. The van der Waals surface area contributed by atoms with Gasteiger partial charge in [0, 0.05) is 35.5 Å². The molecule has 1 aliphatic carbocycles. The van der Waals surface area contributed by atoms with E-state index in [-0.39, 0.29) is 23.4 Å². The van der Waals surface area contributed by atoms with Crippen LogP contribution in [-0.4, -0.2) is 50.4 Å². The van der Waals surface area contributed by atoms with Gasteiger partial charge >= 0.3 is 0 Å². The molecule has 2 aliphatic heterocycles. The molecule has 5 rings (SSSR count). The molecule has 2 N–H and O–H groups in total. The average molecular weight is 424 g/mol. The molecular weight excluding hydrogens is 399 g/mol. The molecule has 2 amide bonds. The zero-order valence-electron chi connectivity index (χ0n) is 17.3. The Morgan fingerprint density at radius 1 is 1.10 bits per heavy atom. The van der Waals surface area contributed by atoms with E-state index in [1.165, 1.54) is 0 Å². The van der Waals surface area contributed by atoms with Gasteiger partial charge in [0.15, 0.2) is 0 Å². The van der Waals surface area contributed by atoms with Crippen molar-refractivity contribution in [3.05, 3.63) is 64.7 Å². The second-order valence-corrected chi connectivity index (χ2v) is 8.36. The first kappa shape index (κ1) is 20.0. The van der Waals surface area contributed by atoms with E-state index in [0.29, 0.717) is 48.5 Å². The Morgan fingerprint density at radius 3 is 2.52 bits per heavy atom. The summed E-state index contributed by atoms with van der Waals surface area (Å²) in [6.45, 7) is 2.90. The Bertz CT molecular complexity index is 1000. The third-order valence-electron chi connectivity index (χ3n) is 6.50. The number of fused-ring (bicyclic) bond motifs is 2. The third-order valence-corrected chi connectivity index (χ3v) is 6.50. The molecule has 0 aromatic heterocycles. The van der Waals surface area contributed by atoms with Crippen LogP contribution in [0.4, 0.5) is 4.39 Å². The number of alkyl halides is 1. The van der Waals surface area contributed by atoms with Crippen LogP contribution in [0, 0.1) is 11.8 Å². The molecule has 1 saturated carbocycles. The van der Waals surface area contributed by atoms with Gasteiger partial charge in [-0.3, -0.25) is 9.59 Å². The van der Waals surface area contributed by atoms with Gasteiger partial charge in [-0.25, -0.2) is 4.39 Å². The van der Waals surface area contributed by atoms with Gasteiger partial charge in [0.05, 0.1) is 24.7 Å². The minimum absolute atomic E-state index is 0.113. The van der Waals surface area contributed by atoms with Crippen LogP contribution in [0.1, 0.15) is 44.7 Å². The lowest BCUT2D eigenvalue weighted by Crippen LogP contribution is -2.30. The average Bonchev–Trinajstić information content (AvgIpc) is 3.13. The zero-order valence-corrected chi connectivity index (χ0v) is 17.3. The molecule has 0 radical (unpaired) electrons. The Labute approximate surface area is 180 Å². The molecule has 31 heavy (non-hydrogen) atoms. The van der Waals surface area contributed by atoms with E-state index in [9.17, 15) is 14.0 Å². The van der Waals surface area contributed by atoms with E-state index in [1.54, 1.807) is 12.1 Å². The molecule has 2 aromatic carbocycles. The maximum Gasteiger partial charge on any atom is 0.255 e. The molecule has 5 atom stereocenters. The van der Waals surface area contributed by atoms with Crippen LogP contribution in [0.3, 0.4) is 0 Å². The van der Waals surface area contributed by atoms with Crippen molar-refractivity contribution in [1.82, 2.24) is 10.6 Å². The summed E-state index contributed by atoms with van der Waals surface area (Å²) in [5.74, 6) is 0.140. The fourth-order valence-corrected chi connectivity index (χ4v) is 4.85. The fraction of sp³-hybridized carbons (Fsp3) is 0.417. The summed E-state index contributed by atoms with van der Waals surface area (Å²) >= 11 is 0. The largest absolute Gasteiger partial charge is 0.486 e. The van der Waals surface area contributed by atoms with Gasteiger partial charge in [-0.15, -0.1) is 0 Å². The van der Waals surface area contributed by atoms with Crippen molar-refractivity contribution in [3.8, 4) is 5.75 Å². The lowest BCUT2D eigenvalue weighted by Gasteiger charge is -2.16. The fourth-order valence-electron chi connectivity index (χ4n) is 4.85. The predicted molar refractivity (Wildman–Crippen MR) is 112 cm³/mol. The highest BCUT2D eigenvalue weighted by Crippen LogP contribution is 2.46. The molecular formula is C24H25FN2O4. The molecule has 1 saturated heterocycles. The van der Waals surface area contributed by atoms with E-state index in [4.69, 9.17) is 9.47 Å². The zero-order chi connectivity index (χ0) is 21.5. The highest BCUT2D eigenvalue weighted by Gasteiger charge is 2.54. The van der Waals surface area contributed by atoms with Crippen molar-refractivity contribution in [2.75, 3.05) is 26.4 Å². The normalized spacial score (nSPS) is 27.7. The highest BCUT2D eigenvalue weighted by atomic mass is 19.1. The first-order valence-corrected chi connectivity index (χ1v) is 10.7. The summed E-state index contributed by atoms with van der Waals surface area (Å²) in [5, 5.41) is 5.85. The number of hydrogen-bond acceptors (Lipinski definition) is 4. The molecule has 1 unspecified atom stereocenters. The van der Waals surface area contributed by atoms with Crippen molar-refractivity contribution < 1.29 is 23.5 Å². The number of hydrogen-bond donors (Lipinski definition) is 2. The quantitative estimate of drug-likeness (QED) is 0.748. The van der Waals surface area contributed by atoms with Gasteiger partial charge in [-0.05, 0) is 24.6 Å². The minimum atomic E-state index is -0.746. The first-order valence-electron chi connectivity index (χ1n) is 10.7. The van der Waals surface area contributed by atoms with Gasteiger partial charge in [-0.1, -0.05) is 30.3 Å². The van der Waals surface area contributed by atoms with Crippen LogP contribution < -0.4 is 15.4 Å². The first-order chi connectivity index (χ1) is 15.1. The maximum absolute atomic E-state index is 13.9. The smallest absolute Gasteiger partial charge is 0.255 e. The minimum Gasteiger partial charge on any atom is -0.486 e. The molecule has 2 fully saturated rings. The number of benzene rings is 2. The Balaban J connectivity index is 1.54. The van der Waals surface area contributed by atoms with E-state index in [0.717, 1.165) is 5.56 Å². The van der Waals surface area contributed by atoms with E-state index >= 15 is 0 Å². The van der Waals surface area contributed by atoms with Gasteiger partial charge in [0.2, 0.25) is 0 Å². The SMILES string of the molecule is CCNC(=O)c1cc(C(=O)NC2[C@H]3COC[C@@H]23)cc2c1O[C@H](CF)[C@H]2c1ccccc1. The summed E-state index contributed by atoms with van der Waals surface area (Å²) in [6, 6.07) is 12.9. The van der Waals surface area contributed by atoms with Crippen LogP contribution in [0.5, 0.6) is 5.75 Å². The van der Waals surface area contributed by atoms with Crippen molar-refractivity contribution >= 4 is 11.8 Å². The monoisotopic (exact) mass is 424 g/mol. The third kappa shape index (κ3) is 3.47. The number of ether oxygens (including phenoxy) is 2. The Hall–Kier alpha value is -2.93. The van der Waals surface area contributed by atoms with Crippen LogP contribution in [0.2, 0.25) is 0 Å². The summed E-state index contributed by atoms with van der Waals surface area (Å²) in [4.78, 5) is 25.8. The number of nitrogens with one attached hydrogen (secondary N) is 2. The predicted octanol–water partition coefficient (Wildman–Crippen LogP) is 2.67. The summed E-state index contributed by atoms with van der Waals surface area (Å²) in [5.41, 5.74) is 2.20. The second kappa shape index (κ2) is 7.96. The van der Waals surface area contributed by atoms with Gasteiger partial charge < -0.3 is 20.1 Å². The lowest BCUT2D eigenvalue weighted by atomic mass is 9.86. The molecule has 3 aliphatic rings. The second-order valence-electron chi connectivity index (χ2n) is 8.36. The van der Waals surface area contributed by atoms with E-state index in [1.807, 2.05) is 37.3 Å². The van der Waals surface area contributed by atoms with Crippen LogP contribution in [0.25, 0.3) is 0 Å². The van der Waals surface area contributed by atoms with Crippen molar-refractivity contribution in [2.45, 2.75) is 25.0 Å². The van der Waals surface area contributed by atoms with Crippen LogP contribution in [-0.2, 0) is 4.74 Å². The number of rotatable bonds is 6. The molecule has 2 heterocycles. The standard InChI is InChI=1S/C24H25FN2O4/c1-2-26-24(29)16-9-14(23(28)27-21-17-11-30-12-18(17)21)8-15-20(13-6-4-3-5-7-13)19(10-25)31-22(15)16/h3-9,17-21H,2,10-12H2,1H3,(H,26,29)(H,27,28)/t17-,18+,19-,20+,21?/m1/s1. The highest BCUT2D eigenvalue weighted by molar-refractivity contribution is 6.02. The number of amides is 2. The summed E-state index contributed by atoms with van der Waals surface area (Å²) in [6.07, 6.45) is -0.746. The van der Waals surface area contributed by atoms with Crippen molar-refractivity contribution in [3.63, 3.8) is 0 Å².